The van der Waals surface area contributed by atoms with Crippen molar-refractivity contribution in [3.8, 4) is 11.6 Å². The fraction of sp³-hybridized carbons (Fsp3) is 0.312. The highest BCUT2D eigenvalue weighted by molar-refractivity contribution is 9.11. The molecule has 0 saturated carbocycles. The van der Waals surface area contributed by atoms with E-state index in [1.807, 2.05) is 25.1 Å². The number of hydrogen-bond donors (Lipinski definition) is 1. The molecule has 4 nitrogen and oxygen atoms in total. The molecule has 0 aliphatic carbocycles. The molecule has 0 bridgehead atoms. The van der Waals surface area contributed by atoms with Crippen LogP contribution in [0.15, 0.2) is 45.5 Å². The van der Waals surface area contributed by atoms with Gasteiger partial charge in [0.25, 0.3) is 0 Å². The number of hydrogen-bond acceptors (Lipinski definition) is 4. The van der Waals surface area contributed by atoms with Crippen molar-refractivity contribution in [2.45, 2.75) is 13.5 Å². The van der Waals surface area contributed by atoms with Crippen LogP contribution in [-0.2, 0) is 6.54 Å². The van der Waals surface area contributed by atoms with Crippen LogP contribution >= 0.6 is 31.9 Å². The Hall–Kier alpha value is -1.11. The molecule has 1 N–H and O–H groups in total. The summed E-state index contributed by atoms with van der Waals surface area (Å²) >= 11 is 7.07. The van der Waals surface area contributed by atoms with Crippen molar-refractivity contribution in [1.82, 2.24) is 10.3 Å². The average Bonchev–Trinajstić information content (AvgIpc) is 2.52. The fourth-order valence-electron chi connectivity index (χ4n) is 1.89. The highest BCUT2D eigenvalue weighted by atomic mass is 79.9. The van der Waals surface area contributed by atoms with Gasteiger partial charge in [0.2, 0.25) is 5.88 Å². The van der Waals surface area contributed by atoms with E-state index >= 15 is 0 Å². The number of halogens is 2. The minimum absolute atomic E-state index is 0.580. The Balaban J connectivity index is 1.77. The molecule has 0 radical (unpaired) electrons. The van der Waals surface area contributed by atoms with E-state index in [4.69, 9.17) is 9.47 Å². The second kappa shape index (κ2) is 9.12. The van der Waals surface area contributed by atoms with Crippen LogP contribution in [0.25, 0.3) is 0 Å². The molecule has 1 heterocycles. The van der Waals surface area contributed by atoms with Gasteiger partial charge in [-0.15, -0.1) is 0 Å². The van der Waals surface area contributed by atoms with Gasteiger partial charge in [-0.1, -0.05) is 6.07 Å². The minimum atomic E-state index is 0.580. The average molecular weight is 430 g/mol. The molecule has 22 heavy (non-hydrogen) atoms. The Morgan fingerprint density at radius 1 is 1.14 bits per heavy atom. The van der Waals surface area contributed by atoms with Gasteiger partial charge in [-0.2, -0.15) is 0 Å². The van der Waals surface area contributed by atoms with Crippen LogP contribution in [-0.4, -0.2) is 24.7 Å². The fourth-order valence-corrected chi connectivity index (χ4v) is 3.40. The van der Waals surface area contributed by atoms with Crippen molar-refractivity contribution in [2.24, 2.45) is 0 Å². The molecule has 0 aliphatic rings. The Bertz CT molecular complexity index is 571. The molecule has 2 rings (SSSR count). The molecule has 0 aliphatic heterocycles. The van der Waals surface area contributed by atoms with Crippen molar-refractivity contribution in [3.63, 3.8) is 0 Å². The molecule has 1 aromatic heterocycles. The van der Waals surface area contributed by atoms with E-state index in [-0.39, 0.29) is 0 Å². The summed E-state index contributed by atoms with van der Waals surface area (Å²) in [6.45, 7) is 4.69. The Kier molecular flexibility index (Phi) is 7.15. The van der Waals surface area contributed by atoms with E-state index in [2.05, 4.69) is 54.3 Å². The van der Waals surface area contributed by atoms with Gasteiger partial charge < -0.3 is 14.8 Å². The SMILES string of the molecule is CCOc1c(Br)cc(CNCCOc2ccccn2)cc1Br. The summed E-state index contributed by atoms with van der Waals surface area (Å²) < 4.78 is 13.0. The first kappa shape index (κ1) is 17.2. The van der Waals surface area contributed by atoms with Gasteiger partial charge >= 0.3 is 0 Å². The molecule has 2 aromatic rings. The molecule has 0 fully saturated rings. The lowest BCUT2D eigenvalue weighted by Crippen LogP contribution is -2.20. The van der Waals surface area contributed by atoms with Gasteiger partial charge in [-0.25, -0.2) is 4.98 Å². The van der Waals surface area contributed by atoms with Crippen LogP contribution < -0.4 is 14.8 Å². The molecule has 0 unspecified atom stereocenters. The maximum atomic E-state index is 5.57. The van der Waals surface area contributed by atoms with Crippen LogP contribution in [0.4, 0.5) is 0 Å². The summed E-state index contributed by atoms with van der Waals surface area (Å²) in [5.41, 5.74) is 1.17. The lowest BCUT2D eigenvalue weighted by molar-refractivity contribution is 0.302. The van der Waals surface area contributed by atoms with Crippen LogP contribution in [0.2, 0.25) is 0 Å². The summed E-state index contributed by atoms with van der Waals surface area (Å²) in [6, 6.07) is 9.74. The van der Waals surface area contributed by atoms with Gasteiger partial charge in [0.05, 0.1) is 15.6 Å². The second-order valence-electron chi connectivity index (χ2n) is 4.51. The van der Waals surface area contributed by atoms with Crippen molar-refractivity contribution < 1.29 is 9.47 Å². The third-order valence-electron chi connectivity index (χ3n) is 2.84. The molecule has 0 spiro atoms. The molecule has 1 aromatic carbocycles. The van der Waals surface area contributed by atoms with E-state index in [0.29, 0.717) is 19.1 Å². The zero-order chi connectivity index (χ0) is 15.8. The van der Waals surface area contributed by atoms with Crippen molar-refractivity contribution in [3.05, 3.63) is 51.0 Å². The molecular weight excluding hydrogens is 412 g/mol. The van der Waals surface area contributed by atoms with E-state index < -0.39 is 0 Å². The van der Waals surface area contributed by atoms with Crippen LogP contribution in [0, 0.1) is 0 Å². The van der Waals surface area contributed by atoms with Crippen molar-refractivity contribution >= 4 is 31.9 Å². The quantitative estimate of drug-likeness (QED) is 0.639. The van der Waals surface area contributed by atoms with Crippen molar-refractivity contribution in [2.75, 3.05) is 19.8 Å². The van der Waals surface area contributed by atoms with Gasteiger partial charge in [0.1, 0.15) is 12.4 Å². The molecule has 6 heteroatoms. The summed E-state index contributed by atoms with van der Waals surface area (Å²) in [7, 11) is 0. The monoisotopic (exact) mass is 428 g/mol. The smallest absolute Gasteiger partial charge is 0.213 e. The van der Waals surface area contributed by atoms with Crippen molar-refractivity contribution in [1.29, 1.82) is 0 Å². The van der Waals surface area contributed by atoms with Gasteiger partial charge in [-0.3, -0.25) is 0 Å². The Morgan fingerprint density at radius 2 is 1.91 bits per heavy atom. The summed E-state index contributed by atoms with van der Waals surface area (Å²) in [5, 5.41) is 3.34. The first-order chi connectivity index (χ1) is 10.7. The number of ether oxygens (including phenoxy) is 2. The molecular formula is C16H18Br2N2O2. The number of benzene rings is 1. The lowest BCUT2D eigenvalue weighted by atomic mass is 10.2. The van der Waals surface area contributed by atoms with Crippen LogP contribution in [0.1, 0.15) is 12.5 Å². The number of rotatable bonds is 8. The number of nitrogens with zero attached hydrogens (tertiary/aromatic N) is 1. The summed E-state index contributed by atoms with van der Waals surface area (Å²) in [5.74, 6) is 1.49. The predicted octanol–water partition coefficient (Wildman–Crippen LogP) is 4.17. The molecule has 0 atom stereocenters. The zero-order valence-corrected chi connectivity index (χ0v) is 15.5. The van der Waals surface area contributed by atoms with Crippen LogP contribution in [0.5, 0.6) is 11.6 Å². The molecule has 118 valence electrons. The standard InChI is InChI=1S/C16H18Br2N2O2/c1-2-21-16-13(17)9-12(10-14(16)18)11-19-7-8-22-15-5-3-4-6-20-15/h3-6,9-10,19H,2,7-8,11H2,1H3. The molecule has 0 saturated heterocycles. The highest BCUT2D eigenvalue weighted by Crippen LogP contribution is 2.34. The largest absolute Gasteiger partial charge is 0.492 e. The first-order valence-electron chi connectivity index (χ1n) is 7.06. The maximum absolute atomic E-state index is 5.57. The molecule has 0 amide bonds. The van der Waals surface area contributed by atoms with E-state index in [9.17, 15) is 0 Å². The minimum Gasteiger partial charge on any atom is -0.492 e. The topological polar surface area (TPSA) is 43.4 Å². The summed E-state index contributed by atoms with van der Waals surface area (Å²) in [6.07, 6.45) is 1.72. The van der Waals surface area contributed by atoms with Gasteiger partial charge in [0.15, 0.2) is 0 Å². The third kappa shape index (κ3) is 5.26. The third-order valence-corrected chi connectivity index (χ3v) is 4.02. The predicted molar refractivity (Wildman–Crippen MR) is 94.4 cm³/mol. The first-order valence-corrected chi connectivity index (χ1v) is 8.64. The Morgan fingerprint density at radius 3 is 2.55 bits per heavy atom. The highest BCUT2D eigenvalue weighted by Gasteiger charge is 2.08. The van der Waals surface area contributed by atoms with Crippen LogP contribution in [0.3, 0.4) is 0 Å². The number of pyridine rings is 1. The lowest BCUT2D eigenvalue weighted by Gasteiger charge is -2.11. The van der Waals surface area contributed by atoms with E-state index in [1.165, 1.54) is 5.56 Å². The zero-order valence-electron chi connectivity index (χ0n) is 12.3. The van der Waals surface area contributed by atoms with Gasteiger partial charge in [0, 0.05) is 25.4 Å². The van der Waals surface area contributed by atoms with E-state index in [1.54, 1.807) is 6.20 Å². The summed E-state index contributed by atoms with van der Waals surface area (Å²) in [4.78, 5) is 4.11. The van der Waals surface area contributed by atoms with Gasteiger partial charge in [-0.05, 0) is 62.5 Å². The number of aromatic nitrogens is 1. The maximum Gasteiger partial charge on any atom is 0.213 e. The normalized spacial score (nSPS) is 10.5. The second-order valence-corrected chi connectivity index (χ2v) is 6.22. The van der Waals surface area contributed by atoms with E-state index in [0.717, 1.165) is 27.8 Å². The number of nitrogens with one attached hydrogen (secondary N) is 1. The Labute approximate surface area is 147 Å².